The Bertz CT molecular complexity index is 293. The van der Waals surface area contributed by atoms with Gasteiger partial charge in [0.25, 0.3) is 0 Å². The van der Waals surface area contributed by atoms with E-state index in [0.29, 0.717) is 19.0 Å². The summed E-state index contributed by atoms with van der Waals surface area (Å²) in [6, 6.07) is 0.368. The van der Waals surface area contributed by atoms with E-state index in [-0.39, 0.29) is 17.8 Å². The molecule has 2 fully saturated rings. The average Bonchev–Trinajstić information content (AvgIpc) is 3.06. The highest BCUT2D eigenvalue weighted by Crippen LogP contribution is 2.34. The second-order valence-corrected chi connectivity index (χ2v) is 5.07. The van der Waals surface area contributed by atoms with Crippen LogP contribution in [0.1, 0.15) is 44.9 Å². The van der Waals surface area contributed by atoms with Crippen molar-refractivity contribution < 1.29 is 14.3 Å². The van der Waals surface area contributed by atoms with E-state index in [2.05, 4.69) is 4.74 Å². The van der Waals surface area contributed by atoms with Crippen molar-refractivity contribution in [3.8, 4) is 0 Å². The lowest BCUT2D eigenvalue weighted by Gasteiger charge is -2.28. The highest BCUT2D eigenvalue weighted by atomic mass is 16.5. The molecule has 0 spiro atoms. The average molecular weight is 239 g/mol. The van der Waals surface area contributed by atoms with Gasteiger partial charge >= 0.3 is 5.97 Å². The number of hydrogen-bond donors (Lipinski definition) is 0. The van der Waals surface area contributed by atoms with Crippen LogP contribution in [0.2, 0.25) is 0 Å². The Hall–Kier alpha value is -1.06. The molecule has 0 unspecified atom stereocenters. The second kappa shape index (κ2) is 5.52. The molecule has 0 saturated heterocycles. The summed E-state index contributed by atoms with van der Waals surface area (Å²) in [6.07, 6.45) is 6.99. The Morgan fingerprint density at radius 3 is 2.35 bits per heavy atom. The molecule has 0 atom stereocenters. The molecule has 0 heterocycles. The maximum Gasteiger partial charge on any atom is 0.307 e. The molecule has 2 saturated carbocycles. The molecule has 0 aromatic carbocycles. The molecule has 1 amide bonds. The van der Waals surface area contributed by atoms with Crippen LogP contribution in [0.15, 0.2) is 0 Å². The zero-order valence-electron chi connectivity index (χ0n) is 10.5. The van der Waals surface area contributed by atoms with E-state index in [1.165, 1.54) is 20.0 Å². The summed E-state index contributed by atoms with van der Waals surface area (Å²) in [6.45, 7) is 0.534. The fourth-order valence-electron chi connectivity index (χ4n) is 2.57. The monoisotopic (exact) mass is 239 g/mol. The summed E-state index contributed by atoms with van der Waals surface area (Å²) in [4.78, 5) is 25.3. The highest BCUT2D eigenvalue weighted by Gasteiger charge is 2.37. The van der Waals surface area contributed by atoms with Gasteiger partial charge in [-0.2, -0.15) is 0 Å². The summed E-state index contributed by atoms with van der Waals surface area (Å²) in [5.41, 5.74) is 0. The summed E-state index contributed by atoms with van der Waals surface area (Å²) in [5, 5.41) is 0. The van der Waals surface area contributed by atoms with Crippen LogP contribution in [0.25, 0.3) is 0 Å². The van der Waals surface area contributed by atoms with Crippen LogP contribution in [-0.4, -0.2) is 36.5 Å². The molecular weight excluding hydrogens is 218 g/mol. The van der Waals surface area contributed by atoms with Crippen molar-refractivity contribution in [1.82, 2.24) is 4.90 Å². The number of nitrogens with zero attached hydrogens (tertiary/aromatic N) is 1. The molecule has 2 rings (SSSR count). The maximum atomic E-state index is 12.2. The first-order valence-corrected chi connectivity index (χ1v) is 6.59. The molecule has 17 heavy (non-hydrogen) atoms. The maximum absolute atomic E-state index is 12.2. The zero-order valence-corrected chi connectivity index (χ0v) is 10.5. The molecule has 0 radical (unpaired) electrons. The topological polar surface area (TPSA) is 46.6 Å². The van der Waals surface area contributed by atoms with Gasteiger partial charge in [-0.25, -0.2) is 0 Å². The van der Waals surface area contributed by atoms with Gasteiger partial charge in [0.2, 0.25) is 5.91 Å². The first-order valence-electron chi connectivity index (χ1n) is 6.59. The van der Waals surface area contributed by atoms with Gasteiger partial charge in [-0.3, -0.25) is 9.59 Å². The lowest BCUT2D eigenvalue weighted by Crippen LogP contribution is -2.41. The SMILES string of the molecule is COC(=O)CCN(C(=O)C1CC1)C1CCCC1. The van der Waals surface area contributed by atoms with Gasteiger partial charge < -0.3 is 9.64 Å². The van der Waals surface area contributed by atoms with Crippen molar-refractivity contribution in [3.05, 3.63) is 0 Å². The van der Waals surface area contributed by atoms with E-state index in [9.17, 15) is 9.59 Å². The first kappa shape index (κ1) is 12.4. The minimum Gasteiger partial charge on any atom is -0.469 e. The van der Waals surface area contributed by atoms with Gasteiger partial charge in [0, 0.05) is 18.5 Å². The normalized spacial score (nSPS) is 20.3. The summed E-state index contributed by atoms with van der Waals surface area (Å²) in [7, 11) is 1.39. The summed E-state index contributed by atoms with van der Waals surface area (Å²) in [5.74, 6) is 0.283. The number of hydrogen-bond acceptors (Lipinski definition) is 3. The van der Waals surface area contributed by atoms with Gasteiger partial charge in [-0.1, -0.05) is 12.8 Å². The van der Waals surface area contributed by atoms with Crippen molar-refractivity contribution in [2.24, 2.45) is 5.92 Å². The third-order valence-electron chi connectivity index (χ3n) is 3.76. The van der Waals surface area contributed by atoms with Crippen LogP contribution in [0.4, 0.5) is 0 Å². The Balaban J connectivity index is 1.91. The van der Waals surface area contributed by atoms with Gasteiger partial charge in [-0.05, 0) is 25.7 Å². The number of carbonyl (C=O) groups is 2. The van der Waals surface area contributed by atoms with Crippen LogP contribution in [0.3, 0.4) is 0 Å². The Kier molecular flexibility index (Phi) is 4.02. The van der Waals surface area contributed by atoms with Crippen molar-refractivity contribution in [1.29, 1.82) is 0 Å². The predicted molar refractivity (Wildman–Crippen MR) is 63.3 cm³/mol. The van der Waals surface area contributed by atoms with Crippen molar-refractivity contribution in [2.75, 3.05) is 13.7 Å². The molecule has 0 aromatic heterocycles. The van der Waals surface area contributed by atoms with Gasteiger partial charge in [0.1, 0.15) is 0 Å². The molecule has 0 bridgehead atoms. The van der Waals surface area contributed by atoms with Gasteiger partial charge in [0.15, 0.2) is 0 Å². The fraction of sp³-hybridized carbons (Fsp3) is 0.846. The van der Waals surface area contributed by atoms with E-state index < -0.39 is 0 Å². The smallest absolute Gasteiger partial charge is 0.307 e. The highest BCUT2D eigenvalue weighted by molar-refractivity contribution is 5.82. The number of methoxy groups -OCH3 is 1. The quantitative estimate of drug-likeness (QED) is 0.686. The van der Waals surface area contributed by atoms with E-state index >= 15 is 0 Å². The lowest BCUT2D eigenvalue weighted by molar-refractivity contribution is -0.142. The number of amides is 1. The van der Waals surface area contributed by atoms with Gasteiger partial charge in [0.05, 0.1) is 13.5 Å². The lowest BCUT2D eigenvalue weighted by atomic mass is 10.1. The van der Waals surface area contributed by atoms with Crippen molar-refractivity contribution in [3.63, 3.8) is 0 Å². The number of rotatable bonds is 5. The fourth-order valence-corrected chi connectivity index (χ4v) is 2.57. The summed E-state index contributed by atoms with van der Waals surface area (Å²) < 4.78 is 4.64. The predicted octanol–water partition coefficient (Wildman–Crippen LogP) is 1.73. The molecule has 4 heteroatoms. The summed E-state index contributed by atoms with van der Waals surface area (Å²) >= 11 is 0. The molecule has 0 aromatic rings. The number of carbonyl (C=O) groups excluding carboxylic acids is 2. The second-order valence-electron chi connectivity index (χ2n) is 5.07. The molecule has 2 aliphatic rings. The van der Waals surface area contributed by atoms with Crippen LogP contribution in [-0.2, 0) is 14.3 Å². The van der Waals surface area contributed by atoms with Crippen molar-refractivity contribution >= 4 is 11.9 Å². The van der Waals surface area contributed by atoms with Crippen molar-refractivity contribution in [2.45, 2.75) is 51.0 Å². The van der Waals surface area contributed by atoms with Gasteiger partial charge in [-0.15, -0.1) is 0 Å². The Labute approximate surface area is 102 Å². The molecular formula is C13H21NO3. The van der Waals surface area contributed by atoms with Crippen LogP contribution >= 0.6 is 0 Å². The number of esters is 1. The van der Waals surface area contributed by atoms with Crippen LogP contribution in [0.5, 0.6) is 0 Å². The molecule has 0 N–H and O–H groups in total. The minimum atomic E-state index is -0.225. The minimum absolute atomic E-state index is 0.225. The van der Waals surface area contributed by atoms with Crippen LogP contribution < -0.4 is 0 Å². The molecule has 96 valence electrons. The van der Waals surface area contributed by atoms with E-state index in [0.717, 1.165) is 25.7 Å². The Morgan fingerprint density at radius 2 is 1.82 bits per heavy atom. The van der Waals surface area contributed by atoms with E-state index in [1.54, 1.807) is 0 Å². The number of ether oxygens (including phenoxy) is 1. The molecule has 4 nitrogen and oxygen atoms in total. The molecule has 0 aliphatic heterocycles. The molecule has 2 aliphatic carbocycles. The Morgan fingerprint density at radius 1 is 1.18 bits per heavy atom. The zero-order chi connectivity index (χ0) is 12.3. The van der Waals surface area contributed by atoms with E-state index in [4.69, 9.17) is 0 Å². The largest absolute Gasteiger partial charge is 0.469 e. The van der Waals surface area contributed by atoms with Crippen LogP contribution in [0, 0.1) is 5.92 Å². The third kappa shape index (κ3) is 3.20. The van der Waals surface area contributed by atoms with E-state index in [1.807, 2.05) is 4.90 Å². The third-order valence-corrected chi connectivity index (χ3v) is 3.76. The standard InChI is InChI=1S/C13H21NO3/c1-17-12(15)8-9-14(11-4-2-3-5-11)13(16)10-6-7-10/h10-11H,2-9H2,1H3. The first-order chi connectivity index (χ1) is 8.22.